The molecule has 0 aliphatic heterocycles. The Kier molecular flexibility index (Phi) is 3.83. The second-order valence-electron chi connectivity index (χ2n) is 4.96. The zero-order valence-electron chi connectivity index (χ0n) is 11.8. The van der Waals surface area contributed by atoms with Crippen LogP contribution in [0.5, 0.6) is 0 Å². The third-order valence-electron chi connectivity index (χ3n) is 3.51. The molecule has 0 aromatic carbocycles. The summed E-state index contributed by atoms with van der Waals surface area (Å²) >= 11 is 0. The quantitative estimate of drug-likeness (QED) is 0.936. The molecule has 3 rings (SSSR count). The van der Waals surface area contributed by atoms with Crippen LogP contribution in [0.1, 0.15) is 31.2 Å². The van der Waals surface area contributed by atoms with Gasteiger partial charge in [-0.2, -0.15) is 9.78 Å². The smallest absolute Gasteiger partial charge is 0.252 e. The number of nitrogens with zero attached hydrogens (tertiary/aromatic N) is 4. The summed E-state index contributed by atoms with van der Waals surface area (Å²) < 4.78 is 13.5. The lowest BCUT2D eigenvalue weighted by molar-refractivity contribution is 0.679. The Morgan fingerprint density at radius 2 is 2.05 bits per heavy atom. The third kappa shape index (κ3) is 2.61. The van der Waals surface area contributed by atoms with Gasteiger partial charge in [-0.3, -0.25) is 4.21 Å². The Balaban J connectivity index is 2.17. The Morgan fingerprint density at radius 3 is 2.67 bits per heavy atom. The van der Waals surface area contributed by atoms with Gasteiger partial charge in [-0.25, -0.2) is 9.97 Å². The Labute approximate surface area is 125 Å². The van der Waals surface area contributed by atoms with Gasteiger partial charge in [0, 0.05) is 18.6 Å². The van der Waals surface area contributed by atoms with E-state index in [2.05, 4.69) is 21.1 Å². The molecule has 1 atom stereocenters. The molecule has 2 N–H and O–H groups in total. The highest BCUT2D eigenvalue weighted by Crippen LogP contribution is 2.34. The lowest BCUT2D eigenvalue weighted by atomic mass is 9.95. The summed E-state index contributed by atoms with van der Waals surface area (Å²) in [6.07, 6.45) is 11.3. The number of hydrogen-bond acceptors (Lipinski definition) is 5. The summed E-state index contributed by atoms with van der Waals surface area (Å²) in [7, 11) is -1.21. The maximum absolute atomic E-state index is 12.0. The fraction of sp³-hybridized carbons (Fsp3) is 0.357. The van der Waals surface area contributed by atoms with E-state index < -0.39 is 10.8 Å². The van der Waals surface area contributed by atoms with Crippen LogP contribution in [0.2, 0.25) is 0 Å². The summed E-state index contributed by atoms with van der Waals surface area (Å²) in [5, 5.41) is 4.89. The van der Waals surface area contributed by atoms with Gasteiger partial charge >= 0.3 is 0 Å². The molecule has 0 spiro atoms. The fourth-order valence-electron chi connectivity index (χ4n) is 2.53. The van der Waals surface area contributed by atoms with Crippen LogP contribution in [0.15, 0.2) is 29.6 Å². The van der Waals surface area contributed by atoms with Crippen LogP contribution >= 0.6 is 0 Å². The van der Waals surface area contributed by atoms with Crippen molar-refractivity contribution in [3.8, 4) is 5.95 Å². The number of hydrogen-bond donors (Lipinski definition) is 1. The molecule has 7 heteroatoms. The van der Waals surface area contributed by atoms with Crippen LogP contribution < -0.4 is 5.73 Å². The first-order valence-corrected chi connectivity index (χ1v) is 8.43. The third-order valence-corrected chi connectivity index (χ3v) is 4.35. The van der Waals surface area contributed by atoms with Gasteiger partial charge in [0.25, 0.3) is 5.95 Å². The van der Waals surface area contributed by atoms with Crippen molar-refractivity contribution in [1.29, 1.82) is 0 Å². The molecule has 1 aliphatic rings. The summed E-state index contributed by atoms with van der Waals surface area (Å²) in [6, 6.07) is 1.73. The van der Waals surface area contributed by atoms with E-state index in [1.807, 2.05) is 0 Å². The van der Waals surface area contributed by atoms with E-state index in [1.165, 1.54) is 11.1 Å². The molecular formula is C14H17N5OS. The minimum atomic E-state index is -1.21. The number of anilines is 1. The zero-order chi connectivity index (χ0) is 14.8. The molecule has 0 saturated heterocycles. The van der Waals surface area contributed by atoms with Gasteiger partial charge < -0.3 is 5.73 Å². The lowest BCUT2D eigenvalue weighted by Gasteiger charge is -2.13. The Hall–Kier alpha value is -2.02. The molecule has 1 aliphatic carbocycles. The van der Waals surface area contributed by atoms with Crippen LogP contribution in [0.3, 0.4) is 0 Å². The molecule has 110 valence electrons. The summed E-state index contributed by atoms with van der Waals surface area (Å²) in [4.78, 5) is 8.32. The van der Waals surface area contributed by atoms with Gasteiger partial charge in [0.1, 0.15) is 5.82 Å². The minimum absolute atomic E-state index is 0.393. The molecule has 2 heterocycles. The molecule has 0 fully saturated rings. The molecule has 1 unspecified atom stereocenters. The number of nitrogens with two attached hydrogens (primary N) is 1. The van der Waals surface area contributed by atoms with Crippen molar-refractivity contribution in [2.75, 3.05) is 12.0 Å². The SMILES string of the molecule is CS(=O)c1nn(-c2ncccn2)c(N)c1C1=CCCCC1. The number of aromatic nitrogens is 4. The second-order valence-corrected chi connectivity index (χ2v) is 6.25. The molecule has 0 bridgehead atoms. The largest absolute Gasteiger partial charge is 0.383 e. The number of nitrogen functional groups attached to an aromatic ring is 1. The standard InChI is InChI=1S/C14H17N5OS/c1-21(20)13-11(10-6-3-2-4-7-10)12(15)19(18-13)14-16-8-5-9-17-14/h5-6,8-9H,2-4,7,15H2,1H3. The molecule has 2 aromatic rings. The first-order chi connectivity index (χ1) is 10.2. The van der Waals surface area contributed by atoms with Crippen molar-refractivity contribution >= 4 is 22.2 Å². The monoisotopic (exact) mass is 303 g/mol. The van der Waals surface area contributed by atoms with E-state index in [4.69, 9.17) is 5.73 Å². The Morgan fingerprint density at radius 1 is 1.29 bits per heavy atom. The van der Waals surface area contributed by atoms with E-state index in [9.17, 15) is 4.21 Å². The predicted octanol–water partition coefficient (Wildman–Crippen LogP) is 1.94. The van der Waals surface area contributed by atoms with Crippen molar-refractivity contribution < 1.29 is 4.21 Å². The minimum Gasteiger partial charge on any atom is -0.383 e. The topological polar surface area (TPSA) is 86.7 Å². The van der Waals surface area contributed by atoms with E-state index in [-0.39, 0.29) is 0 Å². The average molecular weight is 303 g/mol. The first-order valence-electron chi connectivity index (χ1n) is 6.87. The predicted molar refractivity (Wildman–Crippen MR) is 82.3 cm³/mol. The first kappa shape index (κ1) is 13.9. The molecule has 0 radical (unpaired) electrons. The average Bonchev–Trinajstić information content (AvgIpc) is 2.87. The molecule has 0 saturated carbocycles. The highest BCUT2D eigenvalue weighted by molar-refractivity contribution is 7.84. The van der Waals surface area contributed by atoms with Gasteiger partial charge in [-0.15, -0.1) is 0 Å². The molecule has 0 amide bonds. The van der Waals surface area contributed by atoms with Crippen molar-refractivity contribution in [2.24, 2.45) is 0 Å². The highest BCUT2D eigenvalue weighted by atomic mass is 32.2. The molecule has 2 aromatic heterocycles. The molecular weight excluding hydrogens is 286 g/mol. The van der Waals surface area contributed by atoms with Gasteiger partial charge in [0.05, 0.1) is 16.4 Å². The van der Waals surface area contributed by atoms with Crippen LogP contribution in [0.4, 0.5) is 5.82 Å². The van der Waals surface area contributed by atoms with E-state index in [0.717, 1.165) is 30.4 Å². The van der Waals surface area contributed by atoms with Gasteiger partial charge in [0.15, 0.2) is 5.03 Å². The number of rotatable bonds is 3. The zero-order valence-corrected chi connectivity index (χ0v) is 12.6. The summed E-state index contributed by atoms with van der Waals surface area (Å²) in [5.41, 5.74) is 8.18. The van der Waals surface area contributed by atoms with E-state index >= 15 is 0 Å². The highest BCUT2D eigenvalue weighted by Gasteiger charge is 2.23. The maximum Gasteiger partial charge on any atom is 0.252 e. The molecule has 6 nitrogen and oxygen atoms in total. The number of allylic oxidation sites excluding steroid dienone is 2. The van der Waals surface area contributed by atoms with Crippen molar-refractivity contribution in [3.05, 3.63) is 30.1 Å². The lowest BCUT2D eigenvalue weighted by Crippen LogP contribution is -2.06. The second kappa shape index (κ2) is 5.77. The van der Waals surface area contributed by atoms with Crippen LogP contribution in [0.25, 0.3) is 11.5 Å². The van der Waals surface area contributed by atoms with Crippen molar-refractivity contribution in [2.45, 2.75) is 30.7 Å². The van der Waals surface area contributed by atoms with Gasteiger partial charge in [0.2, 0.25) is 0 Å². The fourth-order valence-corrected chi connectivity index (χ4v) is 3.25. The van der Waals surface area contributed by atoms with Crippen LogP contribution in [-0.2, 0) is 10.8 Å². The van der Waals surface area contributed by atoms with Gasteiger partial charge in [-0.1, -0.05) is 6.08 Å². The maximum atomic E-state index is 12.0. The van der Waals surface area contributed by atoms with Gasteiger partial charge in [-0.05, 0) is 37.3 Å². The van der Waals surface area contributed by atoms with Crippen molar-refractivity contribution in [1.82, 2.24) is 19.7 Å². The van der Waals surface area contributed by atoms with E-state index in [0.29, 0.717) is 16.8 Å². The Bertz CT molecular complexity index is 708. The van der Waals surface area contributed by atoms with E-state index in [1.54, 1.807) is 24.7 Å². The normalized spacial score (nSPS) is 16.5. The summed E-state index contributed by atoms with van der Waals surface area (Å²) in [5.74, 6) is 0.851. The summed E-state index contributed by atoms with van der Waals surface area (Å²) in [6.45, 7) is 0. The van der Waals surface area contributed by atoms with Crippen LogP contribution in [0, 0.1) is 0 Å². The van der Waals surface area contributed by atoms with Crippen molar-refractivity contribution in [3.63, 3.8) is 0 Å². The molecule has 21 heavy (non-hydrogen) atoms. The van der Waals surface area contributed by atoms with Crippen LogP contribution in [-0.4, -0.2) is 30.2 Å².